The van der Waals surface area contributed by atoms with E-state index >= 15 is 0 Å². The molecule has 2 amide bonds. The number of piperazine rings is 1. The van der Waals surface area contributed by atoms with Crippen LogP contribution in [0.3, 0.4) is 0 Å². The van der Waals surface area contributed by atoms with E-state index in [4.69, 9.17) is 0 Å². The van der Waals surface area contributed by atoms with Gasteiger partial charge in [-0.1, -0.05) is 42.5 Å². The van der Waals surface area contributed by atoms with Gasteiger partial charge >= 0.3 is 0 Å². The van der Waals surface area contributed by atoms with Gasteiger partial charge in [0, 0.05) is 13.0 Å². The molecule has 0 unspecified atom stereocenters. The maximum absolute atomic E-state index is 12.2. The molecule has 0 aromatic heterocycles. The maximum Gasteiger partial charge on any atom is 0.239 e. The Morgan fingerprint density at radius 3 is 2.50 bits per heavy atom. The van der Waals surface area contributed by atoms with Crippen molar-refractivity contribution in [2.24, 2.45) is 0 Å². The Hall–Kier alpha value is -2.44. The van der Waals surface area contributed by atoms with Crippen molar-refractivity contribution in [2.45, 2.75) is 12.8 Å². The Bertz CT molecular complexity index is 795. The fourth-order valence-electron chi connectivity index (χ4n) is 3.77. The van der Waals surface area contributed by atoms with Crippen LogP contribution >= 0.6 is 0 Å². The fraction of sp³-hybridized carbons (Fsp3) is 0.455. The van der Waals surface area contributed by atoms with Crippen LogP contribution in [-0.2, 0) is 16.0 Å². The molecule has 4 N–H and O–H groups in total. The summed E-state index contributed by atoms with van der Waals surface area (Å²) in [4.78, 5) is 27.4. The third-order valence-corrected chi connectivity index (χ3v) is 5.52. The second-order valence-corrected chi connectivity index (χ2v) is 7.75. The number of amides is 2. The lowest BCUT2D eigenvalue weighted by molar-refractivity contribution is -1.00. The first kappa shape index (κ1) is 20.3. The molecule has 6 nitrogen and oxygen atoms in total. The minimum Gasteiger partial charge on any atom is -0.354 e. The zero-order valence-electron chi connectivity index (χ0n) is 16.7. The van der Waals surface area contributed by atoms with Gasteiger partial charge in [0.05, 0.1) is 26.6 Å². The molecule has 6 heteroatoms. The molecule has 1 aliphatic heterocycles. The summed E-state index contributed by atoms with van der Waals surface area (Å²) in [5.74, 6) is -0.250. The van der Waals surface area contributed by atoms with Gasteiger partial charge in [0.1, 0.15) is 26.2 Å². The van der Waals surface area contributed by atoms with Gasteiger partial charge in [-0.2, -0.15) is 0 Å². The Kier molecular flexibility index (Phi) is 7.39. The molecular formula is C22H32N4O2+2. The van der Waals surface area contributed by atoms with Gasteiger partial charge in [-0.25, -0.2) is 0 Å². The molecule has 0 bridgehead atoms. The minimum atomic E-state index is -0.129. The summed E-state index contributed by atoms with van der Waals surface area (Å²) in [6.45, 7) is 6.68. The number of quaternary nitrogens is 2. The van der Waals surface area contributed by atoms with Crippen molar-refractivity contribution in [3.05, 3.63) is 48.0 Å². The highest BCUT2D eigenvalue weighted by Gasteiger charge is 2.19. The summed E-state index contributed by atoms with van der Waals surface area (Å²) in [6.07, 6.45) is 1.26. The Morgan fingerprint density at radius 1 is 0.929 bits per heavy atom. The highest BCUT2D eigenvalue weighted by Crippen LogP contribution is 2.18. The van der Waals surface area contributed by atoms with E-state index in [-0.39, 0.29) is 24.8 Å². The van der Waals surface area contributed by atoms with Gasteiger partial charge in [-0.05, 0) is 16.3 Å². The fourth-order valence-corrected chi connectivity index (χ4v) is 3.77. The maximum atomic E-state index is 12.2. The summed E-state index contributed by atoms with van der Waals surface area (Å²) < 4.78 is 0. The largest absolute Gasteiger partial charge is 0.354 e. The average Bonchev–Trinajstić information content (AvgIpc) is 2.71. The molecule has 0 spiro atoms. The topological polar surface area (TPSA) is 67.1 Å². The van der Waals surface area contributed by atoms with Crippen LogP contribution < -0.4 is 20.4 Å². The van der Waals surface area contributed by atoms with Crippen molar-refractivity contribution in [3.8, 4) is 0 Å². The predicted molar refractivity (Wildman–Crippen MR) is 110 cm³/mol. The number of hydrogen-bond acceptors (Lipinski definition) is 2. The number of carbonyl (C=O) groups is 2. The first-order chi connectivity index (χ1) is 13.6. The van der Waals surface area contributed by atoms with Crippen LogP contribution in [0.15, 0.2) is 42.5 Å². The van der Waals surface area contributed by atoms with E-state index in [1.54, 1.807) is 9.80 Å². The van der Waals surface area contributed by atoms with Gasteiger partial charge in [0.15, 0.2) is 0 Å². The first-order valence-corrected chi connectivity index (χ1v) is 10.3. The highest BCUT2D eigenvalue weighted by atomic mass is 16.2. The smallest absolute Gasteiger partial charge is 0.239 e. The molecule has 0 aliphatic carbocycles. The van der Waals surface area contributed by atoms with E-state index in [9.17, 15) is 9.59 Å². The number of rotatable bonds is 8. The zero-order chi connectivity index (χ0) is 19.8. The molecule has 1 fully saturated rings. The van der Waals surface area contributed by atoms with E-state index in [2.05, 4.69) is 17.7 Å². The molecule has 3 rings (SSSR count). The number of likely N-dealkylation sites (N-methyl/N-ethyl adjacent to an activating group) is 1. The molecule has 0 saturated carbocycles. The zero-order valence-corrected chi connectivity index (χ0v) is 16.7. The lowest BCUT2D eigenvalue weighted by atomic mass is 10.0. The summed E-state index contributed by atoms with van der Waals surface area (Å²) in [5, 5.41) is 7.84. The van der Waals surface area contributed by atoms with Crippen molar-refractivity contribution in [1.29, 1.82) is 0 Å². The van der Waals surface area contributed by atoms with E-state index < -0.39 is 0 Å². The van der Waals surface area contributed by atoms with Crippen molar-refractivity contribution in [2.75, 3.05) is 52.9 Å². The van der Waals surface area contributed by atoms with Crippen LogP contribution in [0.2, 0.25) is 0 Å². The van der Waals surface area contributed by atoms with Crippen LogP contribution in [0.5, 0.6) is 0 Å². The summed E-state index contributed by atoms with van der Waals surface area (Å²) in [5.41, 5.74) is 0.980. The first-order valence-electron chi connectivity index (χ1n) is 10.3. The average molecular weight is 385 g/mol. The number of hydrogen-bond donors (Lipinski definition) is 4. The Labute approximate surface area is 166 Å². The summed E-state index contributed by atoms with van der Waals surface area (Å²) >= 11 is 0. The molecule has 1 saturated heterocycles. The highest BCUT2D eigenvalue weighted by molar-refractivity contribution is 5.91. The van der Waals surface area contributed by atoms with Crippen LogP contribution in [0.1, 0.15) is 12.0 Å². The van der Waals surface area contributed by atoms with Crippen molar-refractivity contribution >= 4 is 22.6 Å². The van der Waals surface area contributed by atoms with Crippen LogP contribution in [0, 0.1) is 0 Å². The second kappa shape index (κ2) is 10.2. The molecule has 2 aromatic rings. The van der Waals surface area contributed by atoms with E-state index in [0.717, 1.165) is 29.3 Å². The van der Waals surface area contributed by atoms with Gasteiger partial charge in [-0.15, -0.1) is 0 Å². The number of benzene rings is 2. The normalized spacial score (nSPS) is 19.3. The molecule has 150 valence electrons. The van der Waals surface area contributed by atoms with Crippen LogP contribution in [-0.4, -0.2) is 64.7 Å². The lowest BCUT2D eigenvalue weighted by Crippen LogP contribution is -3.27. The van der Waals surface area contributed by atoms with Gasteiger partial charge in [0.25, 0.3) is 0 Å². The minimum absolute atomic E-state index is 0.0360. The van der Waals surface area contributed by atoms with Crippen LogP contribution in [0.4, 0.5) is 0 Å². The van der Waals surface area contributed by atoms with Crippen molar-refractivity contribution in [1.82, 2.24) is 10.6 Å². The molecular weight excluding hydrogens is 352 g/mol. The summed E-state index contributed by atoms with van der Waals surface area (Å²) in [6, 6.07) is 14.0. The SMILES string of the molecule is C[NH+]1CC[NH+](CCCNC(=O)CNC(=O)Cc2cccc3ccccc23)CC1. The molecule has 1 heterocycles. The molecule has 28 heavy (non-hydrogen) atoms. The number of fused-ring (bicyclic) bond motifs is 1. The Balaban J connectivity index is 1.33. The van der Waals surface area contributed by atoms with E-state index in [0.29, 0.717) is 6.54 Å². The second-order valence-electron chi connectivity index (χ2n) is 7.75. The number of nitrogens with one attached hydrogen (secondary N) is 4. The van der Waals surface area contributed by atoms with Crippen LogP contribution in [0.25, 0.3) is 10.8 Å². The van der Waals surface area contributed by atoms with Crippen molar-refractivity contribution < 1.29 is 19.4 Å². The van der Waals surface area contributed by atoms with E-state index in [1.165, 1.54) is 26.2 Å². The Morgan fingerprint density at radius 2 is 1.68 bits per heavy atom. The monoisotopic (exact) mass is 384 g/mol. The number of carbonyl (C=O) groups excluding carboxylic acids is 2. The predicted octanol–water partition coefficient (Wildman–Crippen LogP) is -1.58. The van der Waals surface area contributed by atoms with E-state index in [1.807, 2.05) is 42.5 Å². The third-order valence-electron chi connectivity index (χ3n) is 5.52. The van der Waals surface area contributed by atoms with Crippen molar-refractivity contribution in [3.63, 3.8) is 0 Å². The molecule has 2 aromatic carbocycles. The lowest BCUT2D eigenvalue weighted by Gasteiger charge is -2.27. The molecule has 0 radical (unpaired) electrons. The van der Waals surface area contributed by atoms with Gasteiger partial charge < -0.3 is 20.4 Å². The van der Waals surface area contributed by atoms with Gasteiger partial charge in [-0.3, -0.25) is 9.59 Å². The molecule has 0 atom stereocenters. The quantitative estimate of drug-likeness (QED) is 0.415. The standard InChI is InChI=1S/C22H30N4O2/c1-25-12-14-26(15-13-25)11-5-10-23-22(28)17-24-21(27)16-19-8-4-7-18-6-2-3-9-20(18)19/h2-4,6-9H,5,10-17H2,1H3,(H,23,28)(H,24,27)/p+2. The molecule has 1 aliphatic rings. The summed E-state index contributed by atoms with van der Waals surface area (Å²) in [7, 11) is 2.24. The van der Waals surface area contributed by atoms with Gasteiger partial charge in [0.2, 0.25) is 11.8 Å². The third kappa shape index (κ3) is 6.04.